The number of hydrogen-bond donors (Lipinski definition) is 1. The van der Waals surface area contributed by atoms with E-state index in [0.29, 0.717) is 11.6 Å². The number of aromatic nitrogens is 2. The number of benzene rings is 2. The van der Waals surface area contributed by atoms with Crippen molar-refractivity contribution < 1.29 is 4.79 Å². The standard InChI is InChI=1S/C20H20ClN5OS/c21-15-5-4-8-17(13-15)26-11-9-25(10-12-26)14-18-23-24-20(28-18)19(27)22-16-6-2-1-3-7-16/h1-8,13H,9-12,14H2,(H,22,27). The predicted molar refractivity (Wildman–Crippen MR) is 113 cm³/mol. The first-order valence-corrected chi connectivity index (χ1v) is 10.3. The fraction of sp³-hybridized carbons (Fsp3) is 0.250. The largest absolute Gasteiger partial charge is 0.369 e. The first kappa shape index (κ1) is 18.9. The molecule has 1 aliphatic rings. The van der Waals surface area contributed by atoms with Crippen molar-refractivity contribution in [3.63, 3.8) is 0 Å². The second-order valence-corrected chi connectivity index (χ2v) is 8.06. The third kappa shape index (κ3) is 4.67. The van der Waals surface area contributed by atoms with Gasteiger partial charge in [-0.05, 0) is 30.3 Å². The third-order valence-corrected chi connectivity index (χ3v) is 5.74. The van der Waals surface area contributed by atoms with Gasteiger partial charge in [-0.1, -0.05) is 47.2 Å². The number of nitrogens with one attached hydrogen (secondary N) is 1. The van der Waals surface area contributed by atoms with E-state index in [1.807, 2.05) is 48.5 Å². The summed E-state index contributed by atoms with van der Waals surface area (Å²) in [6, 6.07) is 17.3. The van der Waals surface area contributed by atoms with Gasteiger partial charge in [-0.15, -0.1) is 10.2 Å². The Morgan fingerprint density at radius 2 is 1.82 bits per heavy atom. The number of para-hydroxylation sites is 1. The molecule has 1 amide bonds. The van der Waals surface area contributed by atoms with Gasteiger partial charge in [-0.2, -0.15) is 0 Å². The summed E-state index contributed by atoms with van der Waals surface area (Å²) in [5.74, 6) is -0.222. The van der Waals surface area contributed by atoms with Crippen LogP contribution < -0.4 is 10.2 Å². The second kappa shape index (κ2) is 8.68. The Bertz CT molecular complexity index is 941. The topological polar surface area (TPSA) is 61.4 Å². The van der Waals surface area contributed by atoms with Gasteiger partial charge in [0.25, 0.3) is 5.91 Å². The van der Waals surface area contributed by atoms with Crippen LogP contribution in [0.1, 0.15) is 14.8 Å². The lowest BCUT2D eigenvalue weighted by Crippen LogP contribution is -2.45. The van der Waals surface area contributed by atoms with Crippen LogP contribution in [0.5, 0.6) is 0 Å². The molecule has 1 saturated heterocycles. The molecule has 1 aromatic heterocycles. The minimum atomic E-state index is -0.222. The Hall–Kier alpha value is -2.48. The lowest BCUT2D eigenvalue weighted by atomic mass is 10.2. The molecule has 6 nitrogen and oxygen atoms in total. The normalized spacial score (nSPS) is 14.8. The molecule has 0 saturated carbocycles. The molecule has 144 valence electrons. The van der Waals surface area contributed by atoms with Crippen LogP contribution >= 0.6 is 22.9 Å². The Kier molecular flexibility index (Phi) is 5.85. The van der Waals surface area contributed by atoms with E-state index in [9.17, 15) is 4.79 Å². The average molecular weight is 414 g/mol. The van der Waals surface area contributed by atoms with Crippen LogP contribution in [0.2, 0.25) is 5.02 Å². The zero-order valence-corrected chi connectivity index (χ0v) is 16.8. The molecule has 2 aromatic carbocycles. The number of carbonyl (C=O) groups is 1. The first-order valence-electron chi connectivity index (χ1n) is 9.09. The molecule has 1 fully saturated rings. The number of rotatable bonds is 5. The number of hydrogen-bond acceptors (Lipinski definition) is 6. The summed E-state index contributed by atoms with van der Waals surface area (Å²) >= 11 is 7.44. The molecule has 0 spiro atoms. The summed E-state index contributed by atoms with van der Waals surface area (Å²) in [7, 11) is 0. The number of nitrogens with zero attached hydrogens (tertiary/aromatic N) is 4. The van der Waals surface area contributed by atoms with Crippen LogP contribution in [0.4, 0.5) is 11.4 Å². The molecule has 4 rings (SSSR count). The zero-order chi connectivity index (χ0) is 19.3. The van der Waals surface area contributed by atoms with E-state index >= 15 is 0 Å². The molecule has 3 aromatic rings. The fourth-order valence-corrected chi connectivity index (χ4v) is 4.11. The smallest absolute Gasteiger partial charge is 0.286 e. The first-order chi connectivity index (χ1) is 13.7. The number of amides is 1. The van der Waals surface area contributed by atoms with Gasteiger partial charge in [0.1, 0.15) is 5.01 Å². The maximum Gasteiger partial charge on any atom is 0.286 e. The minimum absolute atomic E-state index is 0.222. The van der Waals surface area contributed by atoms with Gasteiger partial charge >= 0.3 is 0 Å². The molecule has 2 heterocycles. The summed E-state index contributed by atoms with van der Waals surface area (Å²) in [6.07, 6.45) is 0. The molecule has 0 radical (unpaired) electrons. The summed E-state index contributed by atoms with van der Waals surface area (Å²) in [4.78, 5) is 17.0. The Morgan fingerprint density at radius 3 is 2.57 bits per heavy atom. The third-order valence-electron chi connectivity index (χ3n) is 4.60. The molecular formula is C20H20ClN5OS. The van der Waals surface area contributed by atoms with E-state index in [0.717, 1.165) is 47.6 Å². The average Bonchev–Trinajstić information content (AvgIpc) is 3.18. The molecule has 1 aliphatic heterocycles. The van der Waals surface area contributed by atoms with Gasteiger partial charge in [0.2, 0.25) is 5.01 Å². The van der Waals surface area contributed by atoms with Gasteiger partial charge in [0, 0.05) is 42.6 Å². The van der Waals surface area contributed by atoms with Crippen molar-refractivity contribution in [2.24, 2.45) is 0 Å². The van der Waals surface area contributed by atoms with Crippen molar-refractivity contribution in [1.82, 2.24) is 15.1 Å². The van der Waals surface area contributed by atoms with Gasteiger partial charge in [-0.3, -0.25) is 9.69 Å². The van der Waals surface area contributed by atoms with Crippen LogP contribution in [0, 0.1) is 0 Å². The van der Waals surface area contributed by atoms with E-state index in [1.165, 1.54) is 11.3 Å². The molecule has 1 N–H and O–H groups in total. The summed E-state index contributed by atoms with van der Waals surface area (Å²) in [5, 5.41) is 13.1. The maximum absolute atomic E-state index is 12.3. The second-order valence-electron chi connectivity index (χ2n) is 6.56. The highest BCUT2D eigenvalue weighted by molar-refractivity contribution is 7.13. The van der Waals surface area contributed by atoms with Crippen LogP contribution in [0.25, 0.3) is 0 Å². The van der Waals surface area contributed by atoms with Crippen LogP contribution in [0.15, 0.2) is 54.6 Å². The SMILES string of the molecule is O=C(Nc1ccccc1)c1nnc(CN2CCN(c3cccc(Cl)c3)CC2)s1. The molecular weight excluding hydrogens is 394 g/mol. The Labute approximate surface area is 172 Å². The minimum Gasteiger partial charge on any atom is -0.369 e. The van der Waals surface area contributed by atoms with Gasteiger partial charge < -0.3 is 10.2 Å². The highest BCUT2D eigenvalue weighted by atomic mass is 35.5. The zero-order valence-electron chi connectivity index (χ0n) is 15.2. The highest BCUT2D eigenvalue weighted by Gasteiger charge is 2.20. The van der Waals surface area contributed by atoms with Crippen molar-refractivity contribution in [3.8, 4) is 0 Å². The maximum atomic E-state index is 12.3. The van der Waals surface area contributed by atoms with Crippen molar-refractivity contribution in [3.05, 3.63) is 69.6 Å². The van der Waals surface area contributed by atoms with E-state index in [4.69, 9.17) is 11.6 Å². The van der Waals surface area contributed by atoms with E-state index < -0.39 is 0 Å². The highest BCUT2D eigenvalue weighted by Crippen LogP contribution is 2.22. The van der Waals surface area contributed by atoms with Crippen LogP contribution in [-0.4, -0.2) is 47.2 Å². The predicted octanol–water partition coefficient (Wildman–Crippen LogP) is 3.77. The Morgan fingerprint density at radius 1 is 1.04 bits per heavy atom. The van der Waals surface area contributed by atoms with Gasteiger partial charge in [-0.25, -0.2) is 0 Å². The van der Waals surface area contributed by atoms with Gasteiger partial charge in [0.15, 0.2) is 0 Å². The van der Waals surface area contributed by atoms with E-state index in [1.54, 1.807) is 0 Å². The molecule has 0 aliphatic carbocycles. The number of anilines is 2. The molecule has 0 bridgehead atoms. The lowest BCUT2D eigenvalue weighted by molar-refractivity contribution is 0.102. The molecule has 8 heteroatoms. The lowest BCUT2D eigenvalue weighted by Gasteiger charge is -2.35. The van der Waals surface area contributed by atoms with E-state index in [-0.39, 0.29) is 5.91 Å². The summed E-state index contributed by atoms with van der Waals surface area (Å²) < 4.78 is 0. The van der Waals surface area contributed by atoms with Gasteiger partial charge in [0.05, 0.1) is 6.54 Å². The van der Waals surface area contributed by atoms with Crippen LogP contribution in [-0.2, 0) is 6.54 Å². The van der Waals surface area contributed by atoms with Crippen molar-refractivity contribution in [2.75, 3.05) is 36.4 Å². The Balaban J connectivity index is 1.30. The fourth-order valence-electron chi connectivity index (χ4n) is 3.14. The summed E-state index contributed by atoms with van der Waals surface area (Å²) in [5.41, 5.74) is 1.91. The van der Waals surface area contributed by atoms with Crippen molar-refractivity contribution >= 4 is 40.2 Å². The quantitative estimate of drug-likeness (QED) is 0.690. The van der Waals surface area contributed by atoms with Crippen molar-refractivity contribution in [1.29, 1.82) is 0 Å². The number of carbonyl (C=O) groups excluding carboxylic acids is 1. The summed E-state index contributed by atoms with van der Waals surface area (Å²) in [6.45, 7) is 4.43. The number of halogens is 1. The number of piperazine rings is 1. The molecule has 0 unspecified atom stereocenters. The molecule has 28 heavy (non-hydrogen) atoms. The van der Waals surface area contributed by atoms with Crippen molar-refractivity contribution in [2.45, 2.75) is 6.54 Å². The monoisotopic (exact) mass is 413 g/mol. The van der Waals surface area contributed by atoms with E-state index in [2.05, 4.69) is 31.4 Å². The van der Waals surface area contributed by atoms with Crippen LogP contribution in [0.3, 0.4) is 0 Å². The molecule has 0 atom stereocenters.